The summed E-state index contributed by atoms with van der Waals surface area (Å²) in [4.78, 5) is 20.4. The molecule has 36 heavy (non-hydrogen) atoms. The Balaban J connectivity index is 1.42. The van der Waals surface area contributed by atoms with E-state index in [1.54, 1.807) is 12.3 Å². The van der Waals surface area contributed by atoms with Crippen LogP contribution in [0.4, 0.5) is 0 Å². The van der Waals surface area contributed by atoms with Gasteiger partial charge in [-0.1, -0.05) is 12.1 Å². The Morgan fingerprint density at radius 3 is 2.75 bits per heavy atom. The first kappa shape index (κ1) is 23.8. The number of nitrogens with one attached hydrogen (secondary N) is 3. The minimum atomic E-state index is -3.81. The highest BCUT2D eigenvalue weighted by Crippen LogP contribution is 2.43. The van der Waals surface area contributed by atoms with Gasteiger partial charge in [-0.2, -0.15) is 8.42 Å². The van der Waals surface area contributed by atoms with Gasteiger partial charge in [-0.05, 0) is 42.0 Å². The largest absolute Gasteiger partial charge is 0.493 e. The second-order valence-corrected chi connectivity index (χ2v) is 10.2. The van der Waals surface area contributed by atoms with Gasteiger partial charge in [0, 0.05) is 65.7 Å². The van der Waals surface area contributed by atoms with Crippen molar-refractivity contribution in [2.24, 2.45) is 0 Å². The van der Waals surface area contributed by atoms with Gasteiger partial charge in [0.1, 0.15) is 0 Å². The van der Waals surface area contributed by atoms with Crippen LogP contribution in [0.25, 0.3) is 22.2 Å². The van der Waals surface area contributed by atoms with E-state index < -0.39 is 10.1 Å². The predicted octanol–water partition coefficient (Wildman–Crippen LogP) is 3.15. The first-order valence-electron chi connectivity index (χ1n) is 11.5. The van der Waals surface area contributed by atoms with Crippen LogP contribution >= 0.6 is 0 Å². The summed E-state index contributed by atoms with van der Waals surface area (Å²) in [5.74, 6) is -0.0214. The number of carbonyl (C=O) groups excluding carboxylic acids is 1. The van der Waals surface area contributed by atoms with Crippen LogP contribution in [-0.2, 0) is 29.6 Å². The molecule has 9 nitrogen and oxygen atoms in total. The summed E-state index contributed by atoms with van der Waals surface area (Å²) in [6, 6.07) is 15.7. The van der Waals surface area contributed by atoms with E-state index in [0.29, 0.717) is 23.2 Å². The third-order valence-corrected chi connectivity index (χ3v) is 6.51. The molecule has 2 aromatic carbocycles. The third kappa shape index (κ3) is 4.91. The van der Waals surface area contributed by atoms with E-state index in [0.717, 1.165) is 47.1 Å². The molecular weight excluding hydrogens is 480 g/mol. The van der Waals surface area contributed by atoms with E-state index in [1.165, 1.54) is 7.11 Å². The number of carbonyl (C=O) groups is 1. The molecule has 0 spiro atoms. The molecule has 5 rings (SSSR count). The van der Waals surface area contributed by atoms with Crippen molar-refractivity contribution in [3.8, 4) is 22.8 Å². The van der Waals surface area contributed by atoms with E-state index in [1.807, 2.05) is 30.3 Å². The average molecular weight is 507 g/mol. The topological polar surface area (TPSA) is 122 Å². The normalized spacial score (nSPS) is 13.0. The van der Waals surface area contributed by atoms with Gasteiger partial charge in [0.25, 0.3) is 5.91 Å². The molecule has 3 N–H and O–H groups in total. The summed E-state index contributed by atoms with van der Waals surface area (Å²) in [6.45, 7) is 1.68. The first-order valence-corrected chi connectivity index (χ1v) is 13.3. The van der Waals surface area contributed by atoms with Gasteiger partial charge in [-0.3, -0.25) is 9.78 Å². The molecule has 4 aromatic rings. The summed E-state index contributed by atoms with van der Waals surface area (Å²) in [5, 5.41) is 7.21. The molecular formula is C26H26N4O5S. The van der Waals surface area contributed by atoms with Gasteiger partial charge in [0.2, 0.25) is 0 Å². The fourth-order valence-electron chi connectivity index (χ4n) is 4.42. The lowest BCUT2D eigenvalue weighted by Crippen LogP contribution is -2.17. The lowest BCUT2D eigenvalue weighted by molar-refractivity contribution is 0.0966. The molecule has 2 aromatic heterocycles. The van der Waals surface area contributed by atoms with Crippen molar-refractivity contribution in [1.82, 2.24) is 20.6 Å². The molecule has 1 amide bonds. The number of aromatic amines is 1. The third-order valence-electron chi connectivity index (χ3n) is 6.04. The van der Waals surface area contributed by atoms with Gasteiger partial charge in [0.15, 0.2) is 11.5 Å². The second kappa shape index (κ2) is 9.63. The lowest BCUT2D eigenvalue weighted by Gasteiger charge is -2.15. The van der Waals surface area contributed by atoms with Gasteiger partial charge in [0.05, 0.1) is 18.9 Å². The van der Waals surface area contributed by atoms with Crippen molar-refractivity contribution in [1.29, 1.82) is 0 Å². The van der Waals surface area contributed by atoms with Gasteiger partial charge in [-0.15, -0.1) is 0 Å². The Morgan fingerprint density at radius 1 is 1.14 bits per heavy atom. The zero-order chi connectivity index (χ0) is 25.3. The number of pyridine rings is 1. The van der Waals surface area contributed by atoms with Crippen LogP contribution in [0.3, 0.4) is 0 Å². The first-order chi connectivity index (χ1) is 17.3. The molecule has 0 radical (unpaired) electrons. The monoisotopic (exact) mass is 506 g/mol. The Kier molecular flexibility index (Phi) is 6.38. The predicted molar refractivity (Wildman–Crippen MR) is 137 cm³/mol. The molecule has 1 aliphatic heterocycles. The molecule has 0 unspecified atom stereocenters. The second-order valence-electron chi connectivity index (χ2n) is 8.63. The molecule has 0 aliphatic carbocycles. The van der Waals surface area contributed by atoms with Gasteiger partial charge >= 0.3 is 10.1 Å². The smallest absolute Gasteiger partial charge is 0.306 e. The van der Waals surface area contributed by atoms with Crippen molar-refractivity contribution in [3.05, 3.63) is 77.1 Å². The fourth-order valence-corrected chi connectivity index (χ4v) is 4.90. The van der Waals surface area contributed by atoms with Gasteiger partial charge in [-0.25, -0.2) is 0 Å². The van der Waals surface area contributed by atoms with Crippen LogP contribution < -0.4 is 19.6 Å². The van der Waals surface area contributed by atoms with Crippen LogP contribution in [-0.4, -0.2) is 44.2 Å². The maximum atomic E-state index is 12.7. The number of benzene rings is 2. The van der Waals surface area contributed by atoms with E-state index in [2.05, 4.69) is 32.7 Å². The molecule has 1 aliphatic rings. The van der Waals surface area contributed by atoms with Crippen LogP contribution in [0.5, 0.6) is 11.5 Å². The minimum Gasteiger partial charge on any atom is -0.493 e. The molecule has 186 valence electrons. The number of fused-ring (bicyclic) bond motifs is 2. The Hall–Kier alpha value is -3.89. The number of ether oxygens (including phenoxy) is 1. The Morgan fingerprint density at radius 2 is 2.00 bits per heavy atom. The fraction of sp³-hybridized carbons (Fsp3) is 0.231. The Bertz CT molecular complexity index is 1550. The zero-order valence-electron chi connectivity index (χ0n) is 19.9. The molecule has 0 saturated heterocycles. The number of rotatable bonds is 9. The summed E-state index contributed by atoms with van der Waals surface area (Å²) < 4.78 is 34.3. The molecule has 0 atom stereocenters. The number of aromatic nitrogens is 2. The van der Waals surface area contributed by atoms with E-state index in [9.17, 15) is 13.2 Å². The zero-order valence-corrected chi connectivity index (χ0v) is 20.7. The highest BCUT2D eigenvalue weighted by molar-refractivity contribution is 7.86. The van der Waals surface area contributed by atoms with Crippen LogP contribution in [0.2, 0.25) is 0 Å². The van der Waals surface area contributed by atoms with Crippen molar-refractivity contribution in [3.63, 3.8) is 0 Å². The van der Waals surface area contributed by atoms with Crippen molar-refractivity contribution in [2.75, 3.05) is 19.9 Å². The quantitative estimate of drug-likeness (QED) is 0.235. The van der Waals surface area contributed by atoms with Gasteiger partial charge < -0.3 is 24.5 Å². The average Bonchev–Trinajstić information content (AvgIpc) is 3.45. The summed E-state index contributed by atoms with van der Waals surface area (Å²) in [6.07, 6.45) is 3.61. The maximum Gasteiger partial charge on any atom is 0.306 e. The molecule has 3 heterocycles. The van der Waals surface area contributed by atoms with Crippen molar-refractivity contribution >= 4 is 26.9 Å². The highest BCUT2D eigenvalue weighted by atomic mass is 32.2. The number of hydrogen-bond donors (Lipinski definition) is 3. The maximum absolute atomic E-state index is 12.7. The summed E-state index contributed by atoms with van der Waals surface area (Å²) in [5.41, 5.74) is 5.27. The van der Waals surface area contributed by atoms with E-state index in [4.69, 9.17) is 8.92 Å². The van der Waals surface area contributed by atoms with Crippen molar-refractivity contribution < 1.29 is 22.1 Å². The van der Waals surface area contributed by atoms with Crippen LogP contribution in [0.15, 0.2) is 54.7 Å². The molecule has 10 heteroatoms. The standard InChI is InChI=1S/C26H26N4O5S/c1-34-23-13-19(24-20(15-29-26(24)31)25(23)35-36(2,32)33)22-12-17-11-16(6-7-21(17)30-22)14-27-10-8-18-5-3-4-9-28-18/h3-7,9,11-13,27,30H,8,10,14-15H2,1-2H3,(H,29,31). The minimum absolute atomic E-state index is 0.0345. The SMILES string of the molecule is COc1cc(-c2cc3cc(CNCCc4ccccn4)ccc3[nH]2)c2c(c1OS(C)(=O)=O)CNC2=O. The van der Waals surface area contributed by atoms with Crippen LogP contribution in [0.1, 0.15) is 27.2 Å². The number of amides is 1. The van der Waals surface area contributed by atoms with E-state index >= 15 is 0 Å². The summed E-state index contributed by atoms with van der Waals surface area (Å²) in [7, 11) is -2.38. The molecule has 0 bridgehead atoms. The van der Waals surface area contributed by atoms with Crippen LogP contribution in [0, 0.1) is 0 Å². The molecule has 0 fully saturated rings. The Labute approximate surface area is 209 Å². The van der Waals surface area contributed by atoms with Crippen molar-refractivity contribution in [2.45, 2.75) is 19.5 Å². The highest BCUT2D eigenvalue weighted by Gasteiger charge is 2.31. The number of methoxy groups -OCH3 is 1. The number of hydrogen-bond acceptors (Lipinski definition) is 7. The summed E-state index contributed by atoms with van der Waals surface area (Å²) >= 11 is 0. The lowest BCUT2D eigenvalue weighted by atomic mass is 9.98. The number of nitrogens with zero attached hydrogens (tertiary/aromatic N) is 1. The van der Waals surface area contributed by atoms with E-state index in [-0.39, 0.29) is 24.0 Å². The molecule has 0 saturated carbocycles. The number of H-pyrrole nitrogens is 1.